The third kappa shape index (κ3) is 2.52. The van der Waals surface area contributed by atoms with E-state index in [1.165, 1.54) is 4.88 Å². The highest BCUT2D eigenvalue weighted by atomic mass is 35.5. The zero-order chi connectivity index (χ0) is 10.8. The molecule has 1 saturated carbocycles. The van der Waals surface area contributed by atoms with E-state index in [4.69, 9.17) is 16.7 Å². The lowest BCUT2D eigenvalue weighted by molar-refractivity contribution is -0.142. The van der Waals surface area contributed by atoms with Crippen molar-refractivity contribution in [1.29, 1.82) is 0 Å². The lowest BCUT2D eigenvalue weighted by Gasteiger charge is -2.14. The molecule has 2 rings (SSSR count). The van der Waals surface area contributed by atoms with Gasteiger partial charge in [0.05, 0.1) is 10.3 Å². The standard InChI is InChI=1S/C11H13ClO2S/c12-10-5-4-8(15-10)6-7-2-1-3-9(7)11(13)14/h4-5,7,9H,1-3,6H2,(H,13,14). The van der Waals surface area contributed by atoms with Gasteiger partial charge in [-0.15, -0.1) is 11.3 Å². The summed E-state index contributed by atoms with van der Waals surface area (Å²) in [6, 6.07) is 3.89. The Balaban J connectivity index is 2.02. The molecule has 0 aliphatic heterocycles. The molecule has 0 spiro atoms. The monoisotopic (exact) mass is 244 g/mol. The van der Waals surface area contributed by atoms with Crippen LogP contribution in [0, 0.1) is 11.8 Å². The van der Waals surface area contributed by atoms with Gasteiger partial charge < -0.3 is 5.11 Å². The van der Waals surface area contributed by atoms with Gasteiger partial charge in [0.15, 0.2) is 0 Å². The number of carbonyl (C=O) groups is 1. The summed E-state index contributed by atoms with van der Waals surface area (Å²) in [5.74, 6) is -0.483. The topological polar surface area (TPSA) is 37.3 Å². The molecule has 15 heavy (non-hydrogen) atoms. The largest absolute Gasteiger partial charge is 0.481 e. The first-order valence-corrected chi connectivity index (χ1v) is 6.33. The predicted molar refractivity (Wildman–Crippen MR) is 61.5 cm³/mol. The van der Waals surface area contributed by atoms with Gasteiger partial charge >= 0.3 is 5.97 Å². The molecular weight excluding hydrogens is 232 g/mol. The zero-order valence-electron chi connectivity index (χ0n) is 8.28. The molecule has 2 atom stereocenters. The fourth-order valence-corrected chi connectivity index (χ4v) is 3.51. The van der Waals surface area contributed by atoms with E-state index < -0.39 is 5.97 Å². The maximum atomic E-state index is 11.0. The van der Waals surface area contributed by atoms with E-state index in [1.807, 2.05) is 12.1 Å². The summed E-state index contributed by atoms with van der Waals surface area (Å²) in [5, 5.41) is 9.04. The van der Waals surface area contributed by atoms with Crippen LogP contribution in [0.5, 0.6) is 0 Å². The molecule has 4 heteroatoms. The van der Waals surface area contributed by atoms with Crippen LogP contribution in [0.15, 0.2) is 12.1 Å². The Labute approximate surface area is 97.9 Å². The molecule has 1 heterocycles. The molecule has 82 valence electrons. The van der Waals surface area contributed by atoms with Crippen molar-refractivity contribution in [3.05, 3.63) is 21.3 Å². The van der Waals surface area contributed by atoms with Crippen LogP contribution < -0.4 is 0 Å². The number of rotatable bonds is 3. The molecule has 0 aromatic carbocycles. The quantitative estimate of drug-likeness (QED) is 0.884. The number of thiophene rings is 1. The Morgan fingerprint density at radius 2 is 2.33 bits per heavy atom. The molecule has 1 aliphatic carbocycles. The molecule has 1 aliphatic rings. The van der Waals surface area contributed by atoms with E-state index in [9.17, 15) is 4.79 Å². The zero-order valence-corrected chi connectivity index (χ0v) is 9.85. The summed E-state index contributed by atoms with van der Waals surface area (Å²) in [7, 11) is 0. The van der Waals surface area contributed by atoms with Gasteiger partial charge in [-0.05, 0) is 37.3 Å². The summed E-state index contributed by atoms with van der Waals surface area (Å²) in [6.45, 7) is 0. The van der Waals surface area contributed by atoms with Crippen LogP contribution >= 0.6 is 22.9 Å². The van der Waals surface area contributed by atoms with Gasteiger partial charge in [-0.3, -0.25) is 4.79 Å². The number of aliphatic carboxylic acids is 1. The maximum Gasteiger partial charge on any atom is 0.306 e. The Hall–Kier alpha value is -0.540. The van der Waals surface area contributed by atoms with Crippen LogP contribution in [0.4, 0.5) is 0 Å². The molecule has 1 N–H and O–H groups in total. The van der Waals surface area contributed by atoms with Crippen LogP contribution in [-0.4, -0.2) is 11.1 Å². The van der Waals surface area contributed by atoms with E-state index in [0.717, 1.165) is 30.0 Å². The molecule has 1 aromatic heterocycles. The van der Waals surface area contributed by atoms with Gasteiger partial charge in [-0.25, -0.2) is 0 Å². The smallest absolute Gasteiger partial charge is 0.306 e. The maximum absolute atomic E-state index is 11.0. The molecule has 1 aromatic rings. The molecule has 0 bridgehead atoms. The molecule has 0 amide bonds. The van der Waals surface area contributed by atoms with Crippen LogP contribution in [0.2, 0.25) is 4.34 Å². The highest BCUT2D eigenvalue weighted by molar-refractivity contribution is 7.16. The average Bonchev–Trinajstić information content (AvgIpc) is 2.75. The van der Waals surface area contributed by atoms with E-state index >= 15 is 0 Å². The first-order valence-electron chi connectivity index (χ1n) is 5.14. The predicted octanol–water partition coefficient (Wildman–Crippen LogP) is 3.44. The SMILES string of the molecule is O=C(O)C1CCCC1Cc1ccc(Cl)s1. The van der Waals surface area contributed by atoms with Crippen LogP contribution in [0.1, 0.15) is 24.1 Å². The second-order valence-corrected chi connectivity index (χ2v) is 5.85. The molecule has 0 radical (unpaired) electrons. The lowest BCUT2D eigenvalue weighted by atomic mass is 9.92. The summed E-state index contributed by atoms with van der Waals surface area (Å²) < 4.78 is 0.787. The third-order valence-electron chi connectivity index (χ3n) is 3.07. The summed E-state index contributed by atoms with van der Waals surface area (Å²) in [6.07, 6.45) is 3.78. The van der Waals surface area contributed by atoms with Crippen molar-refractivity contribution in [2.24, 2.45) is 11.8 Å². The Bertz CT molecular complexity index is 361. The van der Waals surface area contributed by atoms with Gasteiger partial charge in [0, 0.05) is 4.88 Å². The number of halogens is 1. The van der Waals surface area contributed by atoms with E-state index in [0.29, 0.717) is 5.92 Å². The fourth-order valence-electron chi connectivity index (χ4n) is 2.33. The van der Waals surface area contributed by atoms with Gasteiger partial charge in [0.2, 0.25) is 0 Å². The molecule has 2 nitrogen and oxygen atoms in total. The Morgan fingerprint density at radius 1 is 1.53 bits per heavy atom. The van der Waals surface area contributed by atoms with E-state index in [1.54, 1.807) is 11.3 Å². The van der Waals surface area contributed by atoms with Crippen molar-refractivity contribution in [3.63, 3.8) is 0 Å². The summed E-state index contributed by atoms with van der Waals surface area (Å²) >= 11 is 7.41. The molecule has 1 fully saturated rings. The number of hydrogen-bond acceptors (Lipinski definition) is 2. The molecule has 2 unspecified atom stereocenters. The first-order chi connectivity index (χ1) is 7.16. The fraction of sp³-hybridized carbons (Fsp3) is 0.545. The van der Waals surface area contributed by atoms with Gasteiger partial charge in [-0.2, -0.15) is 0 Å². The second kappa shape index (κ2) is 4.54. The van der Waals surface area contributed by atoms with E-state index in [2.05, 4.69) is 0 Å². The third-order valence-corrected chi connectivity index (χ3v) is 4.32. The van der Waals surface area contributed by atoms with Crippen molar-refractivity contribution in [2.75, 3.05) is 0 Å². The second-order valence-electron chi connectivity index (χ2n) is 4.05. The number of carboxylic acid groups (broad SMARTS) is 1. The van der Waals surface area contributed by atoms with Gasteiger partial charge in [0.1, 0.15) is 0 Å². The van der Waals surface area contributed by atoms with Crippen molar-refractivity contribution in [3.8, 4) is 0 Å². The molecular formula is C11H13ClO2S. The Morgan fingerprint density at radius 3 is 2.93 bits per heavy atom. The van der Waals surface area contributed by atoms with Gasteiger partial charge in [0.25, 0.3) is 0 Å². The first kappa shape index (κ1) is 11.0. The summed E-state index contributed by atoms with van der Waals surface area (Å²) in [5.41, 5.74) is 0. The minimum Gasteiger partial charge on any atom is -0.481 e. The number of carboxylic acids is 1. The minimum atomic E-state index is -0.639. The van der Waals surface area contributed by atoms with E-state index in [-0.39, 0.29) is 5.92 Å². The van der Waals surface area contributed by atoms with Crippen LogP contribution in [0.3, 0.4) is 0 Å². The van der Waals surface area contributed by atoms with Crippen molar-refractivity contribution >= 4 is 28.9 Å². The highest BCUT2D eigenvalue weighted by Crippen LogP contribution is 2.36. The molecule has 0 saturated heterocycles. The van der Waals surface area contributed by atoms with Crippen LogP contribution in [0.25, 0.3) is 0 Å². The van der Waals surface area contributed by atoms with Gasteiger partial charge in [-0.1, -0.05) is 18.0 Å². The normalized spacial score (nSPS) is 25.7. The van der Waals surface area contributed by atoms with Crippen molar-refractivity contribution in [2.45, 2.75) is 25.7 Å². The lowest BCUT2D eigenvalue weighted by Crippen LogP contribution is -2.19. The number of hydrogen-bond donors (Lipinski definition) is 1. The van der Waals surface area contributed by atoms with Crippen molar-refractivity contribution < 1.29 is 9.90 Å². The van der Waals surface area contributed by atoms with Crippen molar-refractivity contribution in [1.82, 2.24) is 0 Å². The minimum absolute atomic E-state index is 0.147. The Kier molecular flexibility index (Phi) is 3.32. The average molecular weight is 245 g/mol. The highest BCUT2D eigenvalue weighted by Gasteiger charge is 2.32. The summed E-state index contributed by atoms with van der Waals surface area (Å²) in [4.78, 5) is 12.2. The van der Waals surface area contributed by atoms with Crippen LogP contribution in [-0.2, 0) is 11.2 Å².